The van der Waals surface area contributed by atoms with Crippen molar-refractivity contribution in [3.05, 3.63) is 64.0 Å². The number of allylic oxidation sites excluding steroid dienone is 1. The zero-order valence-corrected chi connectivity index (χ0v) is 16.2. The third-order valence-corrected chi connectivity index (χ3v) is 5.27. The van der Waals surface area contributed by atoms with Crippen molar-refractivity contribution in [2.24, 2.45) is 0 Å². The molecule has 1 atom stereocenters. The number of rotatable bonds is 0. The van der Waals surface area contributed by atoms with E-state index in [0.717, 1.165) is 16.5 Å². The van der Waals surface area contributed by atoms with Crippen LogP contribution >= 0.6 is 0 Å². The fourth-order valence-electron chi connectivity index (χ4n) is 3.92. The van der Waals surface area contributed by atoms with E-state index in [1.54, 1.807) is 16.7 Å². The first-order valence-electron chi connectivity index (χ1n) is 9.43. The molecular formula is C22H18N2O6. The number of nitrogens with zero attached hydrogens (tertiary/aromatic N) is 2. The maximum absolute atomic E-state index is 12.9. The molecule has 0 radical (unpaired) electrons. The highest BCUT2D eigenvalue weighted by molar-refractivity contribution is 5.87. The lowest BCUT2D eigenvalue weighted by molar-refractivity contribution is -0.157. The van der Waals surface area contributed by atoms with Gasteiger partial charge < -0.3 is 23.9 Å². The molecule has 8 nitrogen and oxygen atoms in total. The van der Waals surface area contributed by atoms with Crippen molar-refractivity contribution < 1.29 is 24.1 Å². The topological polar surface area (TPSA) is 99.9 Å². The number of benzene rings is 1. The van der Waals surface area contributed by atoms with Crippen LogP contribution in [0.3, 0.4) is 0 Å². The number of hydrogen-bond donors (Lipinski definition) is 1. The van der Waals surface area contributed by atoms with E-state index in [1.807, 2.05) is 25.1 Å². The van der Waals surface area contributed by atoms with E-state index in [4.69, 9.17) is 19.2 Å². The van der Waals surface area contributed by atoms with Crippen molar-refractivity contribution in [2.75, 3.05) is 6.79 Å². The molecule has 0 saturated carbocycles. The number of aliphatic hydroxyl groups excluding tert-OH is 1. The molecule has 1 N–H and O–H groups in total. The largest absolute Gasteiger partial charge is 0.458 e. The van der Waals surface area contributed by atoms with E-state index in [9.17, 15) is 14.7 Å². The molecule has 0 spiro atoms. The second kappa shape index (κ2) is 6.70. The Balaban J connectivity index is 0.000000609. The van der Waals surface area contributed by atoms with E-state index in [2.05, 4.69) is 6.58 Å². The van der Waals surface area contributed by atoms with Gasteiger partial charge in [0.05, 0.1) is 29.0 Å². The Morgan fingerprint density at radius 2 is 1.90 bits per heavy atom. The Morgan fingerprint density at radius 1 is 1.17 bits per heavy atom. The molecule has 30 heavy (non-hydrogen) atoms. The van der Waals surface area contributed by atoms with Crippen LogP contribution in [0, 0.1) is 0 Å². The summed E-state index contributed by atoms with van der Waals surface area (Å²) in [6.07, 6.45) is 0.297. The second-order valence-electron chi connectivity index (χ2n) is 7.17. The van der Waals surface area contributed by atoms with Crippen molar-refractivity contribution in [2.45, 2.75) is 26.2 Å². The van der Waals surface area contributed by atoms with Gasteiger partial charge in [-0.1, -0.05) is 6.08 Å². The summed E-state index contributed by atoms with van der Waals surface area (Å²) in [5.41, 5.74) is 3.19. The molecule has 3 aromatic rings. The van der Waals surface area contributed by atoms with Gasteiger partial charge in [0.15, 0.2) is 17.6 Å². The van der Waals surface area contributed by atoms with Gasteiger partial charge in [-0.2, -0.15) is 0 Å². The van der Waals surface area contributed by atoms with Gasteiger partial charge in [0.25, 0.3) is 5.56 Å². The Bertz CT molecular complexity index is 1290. The minimum absolute atomic E-state index is 0.127. The monoisotopic (exact) mass is 406 g/mol. The predicted octanol–water partition coefficient (Wildman–Crippen LogP) is 2.44. The molecule has 2 aromatic heterocycles. The maximum Gasteiger partial charge on any atom is 0.340 e. The summed E-state index contributed by atoms with van der Waals surface area (Å²) >= 11 is 0. The highest BCUT2D eigenvalue weighted by Gasteiger charge is 2.33. The van der Waals surface area contributed by atoms with Crippen LogP contribution in [0.15, 0.2) is 41.7 Å². The summed E-state index contributed by atoms with van der Waals surface area (Å²) in [6.45, 7) is 5.68. The van der Waals surface area contributed by atoms with E-state index >= 15 is 0 Å². The number of carbonyl (C=O) groups excluding carboxylic acids is 1. The van der Waals surface area contributed by atoms with E-state index in [1.165, 1.54) is 0 Å². The Kier molecular flexibility index (Phi) is 4.11. The molecule has 0 aliphatic carbocycles. The van der Waals surface area contributed by atoms with Crippen LogP contribution in [0.1, 0.15) is 29.7 Å². The number of pyridine rings is 2. The Hall–Kier alpha value is -3.65. The average Bonchev–Trinajstić information content (AvgIpc) is 3.32. The van der Waals surface area contributed by atoms with Crippen LogP contribution in [-0.2, 0) is 22.7 Å². The van der Waals surface area contributed by atoms with E-state index < -0.39 is 12.1 Å². The first kappa shape index (κ1) is 18.4. The molecule has 3 aliphatic heterocycles. The fraction of sp³-hybridized carbons (Fsp3) is 0.227. The van der Waals surface area contributed by atoms with Gasteiger partial charge in [0, 0.05) is 22.6 Å². The molecule has 6 rings (SSSR count). The Labute approximate surface area is 170 Å². The maximum atomic E-state index is 12.9. The minimum atomic E-state index is -1.45. The first-order valence-corrected chi connectivity index (χ1v) is 9.43. The molecule has 5 heterocycles. The molecule has 0 unspecified atom stereocenters. The van der Waals surface area contributed by atoms with Gasteiger partial charge in [-0.05, 0) is 25.1 Å². The van der Waals surface area contributed by atoms with Crippen LogP contribution in [0.5, 0.6) is 11.5 Å². The number of esters is 1. The highest BCUT2D eigenvalue weighted by Crippen LogP contribution is 2.39. The lowest BCUT2D eigenvalue weighted by Crippen LogP contribution is -2.32. The minimum Gasteiger partial charge on any atom is -0.458 e. The molecule has 152 valence electrons. The van der Waals surface area contributed by atoms with E-state index in [-0.39, 0.29) is 19.0 Å². The number of aliphatic hydroxyl groups is 1. The summed E-state index contributed by atoms with van der Waals surface area (Å²) in [7, 11) is 0. The standard InChI is InChI=1S/C19H12N2O6.C3H6/c22-17-10-3-13-16-9(5-21(13)18(23)11(10)6-25-19(17)24)1-8-2-14-15(27-7-26-14)4-12(8)20-16;1-3-2/h1-4,17,22H,5-7H2;3H,1H2,2H3/t17-;/m0./s1. The predicted molar refractivity (Wildman–Crippen MR) is 107 cm³/mol. The van der Waals surface area contributed by atoms with Crippen molar-refractivity contribution >= 4 is 16.9 Å². The van der Waals surface area contributed by atoms with Gasteiger partial charge >= 0.3 is 5.97 Å². The summed E-state index contributed by atoms with van der Waals surface area (Å²) in [5, 5.41) is 11.0. The van der Waals surface area contributed by atoms with Crippen molar-refractivity contribution in [3.63, 3.8) is 0 Å². The molecule has 0 amide bonds. The smallest absolute Gasteiger partial charge is 0.340 e. The first-order chi connectivity index (χ1) is 14.5. The molecule has 3 aliphatic rings. The number of ether oxygens (including phenoxy) is 3. The number of fused-ring (bicyclic) bond motifs is 6. The molecule has 0 fully saturated rings. The summed E-state index contributed by atoms with van der Waals surface area (Å²) in [6, 6.07) is 7.32. The van der Waals surface area contributed by atoms with Gasteiger partial charge in [-0.15, -0.1) is 6.58 Å². The summed E-state index contributed by atoms with van der Waals surface area (Å²) in [4.78, 5) is 29.3. The summed E-state index contributed by atoms with van der Waals surface area (Å²) < 4.78 is 17.3. The lowest BCUT2D eigenvalue weighted by atomic mass is 10.0. The molecule has 8 heteroatoms. The normalized spacial score (nSPS) is 17.4. The number of hydrogen-bond acceptors (Lipinski definition) is 7. The molecule has 0 saturated heterocycles. The number of cyclic esters (lactones) is 1. The van der Waals surface area contributed by atoms with E-state index in [0.29, 0.717) is 40.6 Å². The van der Waals surface area contributed by atoms with Gasteiger partial charge in [0.2, 0.25) is 6.79 Å². The van der Waals surface area contributed by atoms with Crippen LogP contribution < -0.4 is 15.0 Å². The third kappa shape index (κ3) is 2.61. The van der Waals surface area contributed by atoms with Crippen molar-refractivity contribution in [3.8, 4) is 22.9 Å². The van der Waals surface area contributed by atoms with Crippen molar-refractivity contribution in [1.29, 1.82) is 0 Å². The van der Waals surface area contributed by atoms with Crippen LogP contribution in [0.4, 0.5) is 0 Å². The zero-order valence-electron chi connectivity index (χ0n) is 16.2. The second-order valence-corrected chi connectivity index (χ2v) is 7.17. The zero-order chi connectivity index (χ0) is 21.0. The highest BCUT2D eigenvalue weighted by atomic mass is 16.7. The quantitative estimate of drug-likeness (QED) is 0.354. The van der Waals surface area contributed by atoms with Crippen molar-refractivity contribution in [1.82, 2.24) is 9.55 Å². The Morgan fingerprint density at radius 3 is 2.67 bits per heavy atom. The number of carbonyl (C=O) groups is 1. The van der Waals surface area contributed by atoms with Gasteiger partial charge in [-0.25, -0.2) is 9.78 Å². The molecule has 1 aromatic carbocycles. The lowest BCUT2D eigenvalue weighted by Gasteiger charge is -2.21. The van der Waals surface area contributed by atoms with Gasteiger partial charge in [-0.3, -0.25) is 4.79 Å². The van der Waals surface area contributed by atoms with Crippen LogP contribution in [0.25, 0.3) is 22.3 Å². The molecule has 0 bridgehead atoms. The van der Waals surface area contributed by atoms with Crippen LogP contribution in [-0.4, -0.2) is 27.4 Å². The van der Waals surface area contributed by atoms with Crippen LogP contribution in [0.2, 0.25) is 0 Å². The number of aromatic nitrogens is 2. The summed E-state index contributed by atoms with van der Waals surface area (Å²) in [5.74, 6) is 0.560. The molecular weight excluding hydrogens is 388 g/mol. The van der Waals surface area contributed by atoms with Gasteiger partial charge in [0.1, 0.15) is 6.61 Å². The third-order valence-electron chi connectivity index (χ3n) is 5.27. The fourth-order valence-corrected chi connectivity index (χ4v) is 3.92. The SMILES string of the molecule is C=CC.O=C1OCc2c(cc3n(c2=O)Cc2cc4cc5c(cc4nc2-3)OCO5)[C@@H]1O. The average molecular weight is 406 g/mol.